The summed E-state index contributed by atoms with van der Waals surface area (Å²) in [6, 6.07) is 8.28. The van der Waals surface area contributed by atoms with Crippen molar-refractivity contribution in [1.82, 2.24) is 15.2 Å². The lowest BCUT2D eigenvalue weighted by Gasteiger charge is -2.34. The predicted molar refractivity (Wildman–Crippen MR) is 77.4 cm³/mol. The summed E-state index contributed by atoms with van der Waals surface area (Å²) in [6.07, 6.45) is 3.25. The van der Waals surface area contributed by atoms with Crippen molar-refractivity contribution in [2.24, 2.45) is 0 Å². The fourth-order valence-electron chi connectivity index (χ4n) is 2.61. The van der Waals surface area contributed by atoms with Gasteiger partial charge in [0.25, 0.3) is 0 Å². The molecule has 4 nitrogen and oxygen atoms in total. The summed E-state index contributed by atoms with van der Waals surface area (Å²) in [6.45, 7) is 0.820. The molecule has 1 aliphatic rings. The monoisotopic (exact) mass is 275 g/mol. The first kappa shape index (κ1) is 12.4. The van der Waals surface area contributed by atoms with E-state index < -0.39 is 0 Å². The summed E-state index contributed by atoms with van der Waals surface area (Å²) in [5, 5.41) is 3.79. The van der Waals surface area contributed by atoms with E-state index in [1.807, 2.05) is 23.1 Å². The van der Waals surface area contributed by atoms with E-state index in [2.05, 4.69) is 11.4 Å². The average Bonchev–Trinajstić information content (AvgIpc) is 2.90. The number of hydrogen-bond acceptors (Lipinski definition) is 3. The van der Waals surface area contributed by atoms with Crippen molar-refractivity contribution in [1.29, 1.82) is 0 Å². The molecule has 0 aliphatic carbocycles. The van der Waals surface area contributed by atoms with Gasteiger partial charge in [0.05, 0.1) is 16.3 Å². The Hall–Kier alpha value is -1.62. The van der Waals surface area contributed by atoms with Gasteiger partial charge in [0.15, 0.2) is 0 Å². The molecule has 2 aromatic rings. The second-order valence-electron chi connectivity index (χ2n) is 4.78. The number of nitrogens with zero attached hydrogens (tertiary/aromatic N) is 2. The molecule has 1 unspecified atom stereocenters. The van der Waals surface area contributed by atoms with Gasteiger partial charge < -0.3 is 10.2 Å². The minimum absolute atomic E-state index is 0.00366. The fourth-order valence-corrected chi connectivity index (χ4v) is 3.72. The molecule has 1 saturated heterocycles. The van der Waals surface area contributed by atoms with Crippen LogP contribution < -0.4 is 5.32 Å². The first-order chi connectivity index (χ1) is 9.29. The van der Waals surface area contributed by atoms with Crippen molar-refractivity contribution in [2.45, 2.75) is 25.3 Å². The highest BCUT2D eigenvalue weighted by molar-refractivity contribution is 7.18. The van der Waals surface area contributed by atoms with E-state index >= 15 is 0 Å². The van der Waals surface area contributed by atoms with Crippen LogP contribution in [0, 0.1) is 0 Å². The smallest absolute Gasteiger partial charge is 0.317 e. The molecule has 5 heteroatoms. The number of benzene rings is 1. The van der Waals surface area contributed by atoms with Crippen LogP contribution in [0.3, 0.4) is 0 Å². The van der Waals surface area contributed by atoms with Crippen molar-refractivity contribution in [2.75, 3.05) is 13.6 Å². The first-order valence-electron chi connectivity index (χ1n) is 6.63. The summed E-state index contributed by atoms with van der Waals surface area (Å²) >= 11 is 1.70. The number of carbonyl (C=O) groups excluding carboxylic acids is 1. The molecule has 2 heterocycles. The third kappa shape index (κ3) is 2.30. The Bertz CT molecular complexity index is 562. The van der Waals surface area contributed by atoms with Crippen molar-refractivity contribution in [3.63, 3.8) is 0 Å². The van der Waals surface area contributed by atoms with Crippen LogP contribution in [0.2, 0.25) is 0 Å². The molecule has 1 aromatic carbocycles. The predicted octanol–water partition coefficient (Wildman–Crippen LogP) is 3.16. The standard InChI is InChI=1S/C14H17N3OS/c1-15-14(18)17-9-5-4-7-11(17)13-16-10-6-2-3-8-12(10)19-13/h2-3,6,8,11H,4-5,7,9H2,1H3,(H,15,18). The third-order valence-electron chi connectivity index (χ3n) is 3.57. The van der Waals surface area contributed by atoms with Crippen LogP contribution in [-0.4, -0.2) is 29.5 Å². The highest BCUT2D eigenvalue weighted by Gasteiger charge is 2.29. The van der Waals surface area contributed by atoms with Crippen molar-refractivity contribution in [3.05, 3.63) is 29.3 Å². The largest absolute Gasteiger partial charge is 0.341 e. The van der Waals surface area contributed by atoms with Gasteiger partial charge >= 0.3 is 6.03 Å². The lowest BCUT2D eigenvalue weighted by atomic mass is 10.0. The number of hydrogen-bond donors (Lipinski definition) is 1. The molecular formula is C14H17N3OS. The molecule has 19 heavy (non-hydrogen) atoms. The minimum atomic E-state index is 0.00366. The van der Waals surface area contributed by atoms with Crippen LogP contribution in [-0.2, 0) is 0 Å². The van der Waals surface area contributed by atoms with Gasteiger partial charge in [0, 0.05) is 13.6 Å². The number of nitrogens with one attached hydrogen (secondary N) is 1. The van der Waals surface area contributed by atoms with Gasteiger partial charge in [-0.1, -0.05) is 12.1 Å². The van der Waals surface area contributed by atoms with Crippen molar-refractivity contribution in [3.8, 4) is 0 Å². The van der Waals surface area contributed by atoms with E-state index in [1.54, 1.807) is 18.4 Å². The Kier molecular flexibility index (Phi) is 3.38. The van der Waals surface area contributed by atoms with Crippen LogP contribution in [0.1, 0.15) is 30.3 Å². The lowest BCUT2D eigenvalue weighted by molar-refractivity contribution is 0.153. The van der Waals surface area contributed by atoms with Crippen molar-refractivity contribution >= 4 is 27.6 Å². The molecule has 0 bridgehead atoms. The number of piperidine rings is 1. The zero-order valence-corrected chi connectivity index (χ0v) is 11.7. The van der Waals surface area contributed by atoms with Gasteiger partial charge in [-0.05, 0) is 31.4 Å². The molecule has 2 amide bonds. The molecule has 3 rings (SSSR count). The molecule has 1 aromatic heterocycles. The Morgan fingerprint density at radius 3 is 3.05 bits per heavy atom. The Morgan fingerprint density at radius 2 is 2.26 bits per heavy atom. The quantitative estimate of drug-likeness (QED) is 0.869. The van der Waals surface area contributed by atoms with E-state index in [0.717, 1.165) is 36.3 Å². The van der Waals surface area contributed by atoms with E-state index in [4.69, 9.17) is 4.98 Å². The molecular weight excluding hydrogens is 258 g/mol. The van der Waals surface area contributed by atoms with E-state index in [0.29, 0.717) is 0 Å². The summed E-state index contributed by atoms with van der Waals surface area (Å²) in [7, 11) is 1.69. The molecule has 1 aliphatic heterocycles. The zero-order valence-electron chi connectivity index (χ0n) is 10.9. The number of aromatic nitrogens is 1. The van der Waals surface area contributed by atoms with Gasteiger partial charge in [-0.3, -0.25) is 0 Å². The van der Waals surface area contributed by atoms with Crippen LogP contribution in [0.15, 0.2) is 24.3 Å². The molecule has 0 spiro atoms. The number of amides is 2. The maximum absolute atomic E-state index is 12.0. The van der Waals surface area contributed by atoms with Gasteiger partial charge in [-0.2, -0.15) is 0 Å². The second kappa shape index (κ2) is 5.17. The Balaban J connectivity index is 1.95. The van der Waals surface area contributed by atoms with Crippen LogP contribution >= 0.6 is 11.3 Å². The SMILES string of the molecule is CNC(=O)N1CCCCC1c1nc2ccccc2s1. The molecule has 0 saturated carbocycles. The lowest BCUT2D eigenvalue weighted by Crippen LogP contribution is -2.43. The van der Waals surface area contributed by atoms with Gasteiger partial charge in [0.2, 0.25) is 0 Å². The fraction of sp³-hybridized carbons (Fsp3) is 0.429. The molecule has 0 radical (unpaired) electrons. The summed E-state index contributed by atoms with van der Waals surface area (Å²) in [5.74, 6) is 0. The van der Waals surface area contributed by atoms with Gasteiger partial charge in [0.1, 0.15) is 5.01 Å². The minimum Gasteiger partial charge on any atom is -0.341 e. The number of rotatable bonds is 1. The number of carbonyl (C=O) groups is 1. The number of fused-ring (bicyclic) bond motifs is 1. The van der Waals surface area contributed by atoms with E-state index in [1.165, 1.54) is 4.70 Å². The van der Waals surface area contributed by atoms with Gasteiger partial charge in [-0.25, -0.2) is 9.78 Å². The maximum Gasteiger partial charge on any atom is 0.317 e. The van der Waals surface area contributed by atoms with E-state index in [-0.39, 0.29) is 12.1 Å². The Labute approximate surface area is 116 Å². The summed E-state index contributed by atoms with van der Waals surface area (Å²) in [5.41, 5.74) is 1.03. The maximum atomic E-state index is 12.0. The average molecular weight is 275 g/mol. The van der Waals surface area contributed by atoms with Gasteiger partial charge in [-0.15, -0.1) is 11.3 Å². The topological polar surface area (TPSA) is 45.2 Å². The van der Waals surface area contributed by atoms with Crippen LogP contribution in [0.4, 0.5) is 4.79 Å². The van der Waals surface area contributed by atoms with E-state index in [9.17, 15) is 4.79 Å². The highest BCUT2D eigenvalue weighted by Crippen LogP contribution is 2.35. The van der Waals surface area contributed by atoms with Crippen LogP contribution in [0.5, 0.6) is 0 Å². The third-order valence-corrected chi connectivity index (χ3v) is 4.71. The summed E-state index contributed by atoms with van der Waals surface area (Å²) in [4.78, 5) is 18.6. The number of thiazole rings is 1. The summed E-state index contributed by atoms with van der Waals surface area (Å²) < 4.78 is 1.19. The highest BCUT2D eigenvalue weighted by atomic mass is 32.1. The second-order valence-corrected chi connectivity index (χ2v) is 5.84. The molecule has 1 fully saturated rings. The van der Waals surface area contributed by atoms with Crippen LogP contribution in [0.25, 0.3) is 10.2 Å². The Morgan fingerprint density at radius 1 is 1.42 bits per heavy atom. The van der Waals surface area contributed by atoms with Crippen molar-refractivity contribution < 1.29 is 4.79 Å². The number of para-hydroxylation sites is 1. The molecule has 100 valence electrons. The molecule has 1 N–H and O–H groups in total. The number of likely N-dealkylation sites (tertiary alicyclic amines) is 1. The first-order valence-corrected chi connectivity index (χ1v) is 7.45. The zero-order chi connectivity index (χ0) is 13.2. The number of urea groups is 1. The normalized spacial score (nSPS) is 19.6. The molecule has 1 atom stereocenters.